The number of imidazole rings is 1. The third kappa shape index (κ3) is 4.59. The molecule has 2 aromatic carbocycles. The van der Waals surface area contributed by atoms with Gasteiger partial charge in [0.1, 0.15) is 0 Å². The van der Waals surface area contributed by atoms with Crippen molar-refractivity contribution < 1.29 is 9.59 Å². The number of benzene rings is 2. The van der Waals surface area contributed by atoms with Crippen LogP contribution in [0.4, 0.5) is 5.69 Å². The van der Waals surface area contributed by atoms with Gasteiger partial charge in [0.15, 0.2) is 10.9 Å². The van der Waals surface area contributed by atoms with E-state index in [9.17, 15) is 9.59 Å². The predicted molar refractivity (Wildman–Crippen MR) is 109 cm³/mol. The minimum absolute atomic E-state index is 0.0931. The van der Waals surface area contributed by atoms with Gasteiger partial charge in [-0.05, 0) is 50.2 Å². The van der Waals surface area contributed by atoms with Crippen LogP contribution in [0.5, 0.6) is 0 Å². The first-order chi connectivity index (χ1) is 13.0. The Morgan fingerprint density at radius 3 is 2.56 bits per heavy atom. The van der Waals surface area contributed by atoms with E-state index in [0.717, 1.165) is 5.69 Å². The van der Waals surface area contributed by atoms with E-state index in [1.165, 1.54) is 18.7 Å². The second kappa shape index (κ2) is 8.41. The molecular formula is C20H18ClN3O2S. The monoisotopic (exact) mass is 399 g/mol. The lowest BCUT2D eigenvalue weighted by Gasteiger charge is -2.14. The van der Waals surface area contributed by atoms with Crippen LogP contribution in [0.3, 0.4) is 0 Å². The highest BCUT2D eigenvalue weighted by Crippen LogP contribution is 2.26. The Balaban J connectivity index is 1.74. The molecule has 0 aliphatic rings. The molecular weight excluding hydrogens is 382 g/mol. The molecule has 0 spiro atoms. The number of Topliss-reactive ketones (excluding diaryl/α,β-unsaturated/α-hetero) is 1. The van der Waals surface area contributed by atoms with Gasteiger partial charge in [-0.3, -0.25) is 14.2 Å². The lowest BCUT2D eigenvalue weighted by Crippen LogP contribution is -2.23. The summed E-state index contributed by atoms with van der Waals surface area (Å²) < 4.78 is 1.90. The molecule has 0 bridgehead atoms. The van der Waals surface area contributed by atoms with Crippen LogP contribution in [0, 0.1) is 0 Å². The Morgan fingerprint density at radius 2 is 1.85 bits per heavy atom. The fourth-order valence-electron chi connectivity index (χ4n) is 2.52. The van der Waals surface area contributed by atoms with Gasteiger partial charge >= 0.3 is 0 Å². The number of rotatable bonds is 6. The molecule has 1 atom stereocenters. The summed E-state index contributed by atoms with van der Waals surface area (Å²) in [5.41, 5.74) is 1.92. The molecule has 0 aliphatic heterocycles. The van der Waals surface area contributed by atoms with Crippen LogP contribution in [0.1, 0.15) is 24.2 Å². The number of aromatic nitrogens is 2. The third-order valence-electron chi connectivity index (χ3n) is 3.93. The van der Waals surface area contributed by atoms with Crippen molar-refractivity contribution in [3.05, 3.63) is 71.5 Å². The SMILES string of the molecule is CC(=O)c1ccccc1NC(=O)[C@@H](C)Sc1nccn1-c1ccc(Cl)cc1. The zero-order valence-electron chi connectivity index (χ0n) is 14.8. The van der Waals surface area contributed by atoms with Gasteiger partial charge in [0.2, 0.25) is 5.91 Å². The van der Waals surface area contributed by atoms with Crippen molar-refractivity contribution in [1.29, 1.82) is 0 Å². The first-order valence-electron chi connectivity index (χ1n) is 8.32. The van der Waals surface area contributed by atoms with E-state index in [1.807, 2.05) is 22.9 Å². The number of hydrogen-bond acceptors (Lipinski definition) is 4. The van der Waals surface area contributed by atoms with Gasteiger partial charge in [-0.15, -0.1) is 0 Å². The largest absolute Gasteiger partial charge is 0.324 e. The Hall–Kier alpha value is -2.57. The highest BCUT2D eigenvalue weighted by molar-refractivity contribution is 8.00. The molecule has 0 radical (unpaired) electrons. The molecule has 3 aromatic rings. The maximum absolute atomic E-state index is 12.6. The van der Waals surface area contributed by atoms with Crippen LogP contribution in [0.15, 0.2) is 66.1 Å². The minimum Gasteiger partial charge on any atom is -0.324 e. The standard InChI is InChI=1S/C20H18ClN3O2S/c1-13(25)17-5-3-4-6-18(17)23-19(26)14(2)27-20-22-11-12-24(20)16-9-7-15(21)8-10-16/h3-12,14H,1-2H3,(H,23,26)/t14-/m1/s1. The Morgan fingerprint density at radius 1 is 1.15 bits per heavy atom. The number of hydrogen-bond donors (Lipinski definition) is 1. The number of anilines is 1. The summed E-state index contributed by atoms with van der Waals surface area (Å²) in [7, 11) is 0. The number of carbonyl (C=O) groups is 2. The van der Waals surface area contributed by atoms with Crippen molar-refractivity contribution in [1.82, 2.24) is 9.55 Å². The van der Waals surface area contributed by atoms with Crippen molar-refractivity contribution in [2.24, 2.45) is 0 Å². The summed E-state index contributed by atoms with van der Waals surface area (Å²) in [6.45, 7) is 3.28. The van der Waals surface area contributed by atoms with Crippen LogP contribution in [0.2, 0.25) is 5.02 Å². The number of ketones is 1. The number of amides is 1. The fourth-order valence-corrected chi connectivity index (χ4v) is 3.53. The number of thioether (sulfide) groups is 1. The number of para-hydroxylation sites is 1. The summed E-state index contributed by atoms with van der Waals surface area (Å²) in [4.78, 5) is 28.7. The van der Waals surface area contributed by atoms with E-state index in [2.05, 4.69) is 10.3 Å². The maximum atomic E-state index is 12.6. The predicted octanol–water partition coefficient (Wildman–Crippen LogP) is 4.85. The third-order valence-corrected chi connectivity index (χ3v) is 5.26. The van der Waals surface area contributed by atoms with Gasteiger partial charge in [0.25, 0.3) is 0 Å². The Labute approximate surface area is 166 Å². The van der Waals surface area contributed by atoms with E-state index < -0.39 is 5.25 Å². The van der Waals surface area contributed by atoms with Crippen molar-refractivity contribution in [2.45, 2.75) is 24.3 Å². The molecule has 7 heteroatoms. The molecule has 1 N–H and O–H groups in total. The van der Waals surface area contributed by atoms with Crippen molar-refractivity contribution in [3.8, 4) is 5.69 Å². The van der Waals surface area contributed by atoms with E-state index in [4.69, 9.17) is 11.6 Å². The quantitative estimate of drug-likeness (QED) is 0.475. The lowest BCUT2D eigenvalue weighted by atomic mass is 10.1. The molecule has 0 unspecified atom stereocenters. The molecule has 3 rings (SSSR count). The van der Waals surface area contributed by atoms with Gasteiger partial charge < -0.3 is 5.32 Å². The van der Waals surface area contributed by atoms with Gasteiger partial charge in [-0.1, -0.05) is 35.5 Å². The molecule has 1 heterocycles. The zero-order chi connectivity index (χ0) is 19.4. The van der Waals surface area contributed by atoms with Crippen LogP contribution in [-0.4, -0.2) is 26.5 Å². The summed E-state index contributed by atoms with van der Waals surface area (Å²) >= 11 is 7.28. The summed E-state index contributed by atoms with van der Waals surface area (Å²) in [6.07, 6.45) is 3.52. The summed E-state index contributed by atoms with van der Waals surface area (Å²) in [5.74, 6) is -0.288. The normalized spacial score (nSPS) is 11.8. The second-order valence-corrected chi connectivity index (χ2v) is 7.65. The average Bonchev–Trinajstić information content (AvgIpc) is 3.10. The lowest BCUT2D eigenvalue weighted by molar-refractivity contribution is -0.115. The van der Waals surface area contributed by atoms with Crippen molar-refractivity contribution in [2.75, 3.05) is 5.32 Å². The van der Waals surface area contributed by atoms with E-state index >= 15 is 0 Å². The van der Waals surface area contributed by atoms with Crippen molar-refractivity contribution >= 4 is 40.7 Å². The number of halogens is 1. The summed E-state index contributed by atoms with van der Waals surface area (Å²) in [6, 6.07) is 14.4. The van der Waals surface area contributed by atoms with Crippen LogP contribution in [0.25, 0.3) is 5.69 Å². The fraction of sp³-hybridized carbons (Fsp3) is 0.150. The molecule has 0 fully saturated rings. The van der Waals surface area contributed by atoms with Crippen LogP contribution < -0.4 is 5.32 Å². The zero-order valence-corrected chi connectivity index (χ0v) is 16.4. The molecule has 1 amide bonds. The number of nitrogens with one attached hydrogen (secondary N) is 1. The number of carbonyl (C=O) groups excluding carboxylic acids is 2. The van der Waals surface area contributed by atoms with Gasteiger partial charge in [0.05, 0.1) is 10.9 Å². The molecule has 0 saturated carbocycles. The average molecular weight is 400 g/mol. The molecule has 5 nitrogen and oxygen atoms in total. The molecule has 0 aliphatic carbocycles. The maximum Gasteiger partial charge on any atom is 0.237 e. The van der Waals surface area contributed by atoms with Crippen molar-refractivity contribution in [3.63, 3.8) is 0 Å². The van der Waals surface area contributed by atoms with Crippen LogP contribution >= 0.6 is 23.4 Å². The van der Waals surface area contributed by atoms with Gasteiger partial charge in [-0.2, -0.15) is 0 Å². The van der Waals surface area contributed by atoms with Gasteiger partial charge in [0, 0.05) is 28.7 Å². The van der Waals surface area contributed by atoms with E-state index in [1.54, 1.807) is 49.5 Å². The highest BCUT2D eigenvalue weighted by Gasteiger charge is 2.19. The van der Waals surface area contributed by atoms with Crippen LogP contribution in [-0.2, 0) is 4.79 Å². The Kier molecular flexibility index (Phi) is 5.98. The number of nitrogens with zero attached hydrogens (tertiary/aromatic N) is 2. The first kappa shape index (κ1) is 19.2. The topological polar surface area (TPSA) is 64.0 Å². The minimum atomic E-state index is -0.404. The second-order valence-electron chi connectivity index (χ2n) is 5.91. The van der Waals surface area contributed by atoms with E-state index in [-0.39, 0.29) is 11.7 Å². The molecule has 138 valence electrons. The molecule has 1 aromatic heterocycles. The molecule has 0 saturated heterocycles. The first-order valence-corrected chi connectivity index (χ1v) is 9.58. The smallest absolute Gasteiger partial charge is 0.237 e. The summed E-state index contributed by atoms with van der Waals surface area (Å²) in [5, 5.41) is 3.78. The van der Waals surface area contributed by atoms with Gasteiger partial charge in [-0.25, -0.2) is 4.98 Å². The Bertz CT molecular complexity index is 969. The van der Waals surface area contributed by atoms with E-state index in [0.29, 0.717) is 21.4 Å². The molecule has 27 heavy (non-hydrogen) atoms. The highest BCUT2D eigenvalue weighted by atomic mass is 35.5.